The van der Waals surface area contributed by atoms with Crippen molar-refractivity contribution in [3.05, 3.63) is 0 Å². The zero-order chi connectivity index (χ0) is 18.3. The topological polar surface area (TPSA) is 79.2 Å². The molecule has 0 unspecified atom stereocenters. The van der Waals surface area contributed by atoms with E-state index in [9.17, 15) is 15.3 Å². The van der Waals surface area contributed by atoms with Crippen molar-refractivity contribution < 1.29 is 24.8 Å². The molecule has 1 saturated heterocycles. The summed E-state index contributed by atoms with van der Waals surface area (Å²) in [5.74, 6) is 0. The smallest absolute Gasteiger partial charge is 0.114 e. The molecule has 150 valence electrons. The van der Waals surface area contributed by atoms with Gasteiger partial charge in [-0.3, -0.25) is 0 Å². The number of rotatable bonds is 16. The molecule has 5 heteroatoms. The van der Waals surface area contributed by atoms with Crippen LogP contribution in [-0.2, 0) is 9.47 Å². The van der Waals surface area contributed by atoms with Crippen LogP contribution in [0.25, 0.3) is 0 Å². The van der Waals surface area contributed by atoms with Crippen LogP contribution in [-0.4, -0.2) is 59.6 Å². The number of hydrogen-bond acceptors (Lipinski definition) is 5. The molecule has 0 aromatic rings. The van der Waals surface area contributed by atoms with E-state index >= 15 is 0 Å². The Morgan fingerprint density at radius 2 is 1.40 bits per heavy atom. The number of aliphatic hydroxyl groups excluding tert-OH is 3. The Bertz CT molecular complexity index is 300. The normalized spacial score (nSPS) is 24.7. The highest BCUT2D eigenvalue weighted by Gasteiger charge is 2.39. The van der Waals surface area contributed by atoms with E-state index in [2.05, 4.69) is 6.92 Å². The Balaban J connectivity index is 1.80. The average molecular weight is 361 g/mol. The lowest BCUT2D eigenvalue weighted by molar-refractivity contribution is -0.0813. The van der Waals surface area contributed by atoms with Gasteiger partial charge in [-0.05, 0) is 6.42 Å². The first-order valence-corrected chi connectivity index (χ1v) is 10.4. The summed E-state index contributed by atoms with van der Waals surface area (Å²) in [6, 6.07) is 0. The molecule has 0 aliphatic carbocycles. The molecule has 1 aliphatic heterocycles. The summed E-state index contributed by atoms with van der Waals surface area (Å²) in [6.07, 6.45) is 12.2. The predicted octanol–water partition coefficient (Wildman–Crippen LogP) is 3.19. The number of unbranched alkanes of at least 4 members (excludes halogenated alkanes) is 11. The van der Waals surface area contributed by atoms with Crippen LogP contribution in [0.5, 0.6) is 0 Å². The van der Waals surface area contributed by atoms with E-state index in [1.165, 1.54) is 64.2 Å². The maximum absolute atomic E-state index is 9.91. The van der Waals surface area contributed by atoms with E-state index < -0.39 is 24.4 Å². The maximum atomic E-state index is 9.91. The van der Waals surface area contributed by atoms with Gasteiger partial charge < -0.3 is 24.8 Å². The third kappa shape index (κ3) is 10.5. The molecule has 1 rings (SSSR count). The molecule has 0 bridgehead atoms. The summed E-state index contributed by atoms with van der Waals surface area (Å²) in [5.41, 5.74) is 0. The molecule has 4 atom stereocenters. The highest BCUT2D eigenvalue weighted by molar-refractivity contribution is 4.87. The van der Waals surface area contributed by atoms with E-state index in [1.807, 2.05) is 0 Å². The third-order valence-corrected chi connectivity index (χ3v) is 5.00. The average Bonchev–Trinajstić information content (AvgIpc) is 2.94. The van der Waals surface area contributed by atoms with Gasteiger partial charge in [0.2, 0.25) is 0 Å². The van der Waals surface area contributed by atoms with Gasteiger partial charge in [-0.1, -0.05) is 77.6 Å². The van der Waals surface area contributed by atoms with Gasteiger partial charge in [0.1, 0.15) is 24.4 Å². The highest BCUT2D eigenvalue weighted by atomic mass is 16.5. The van der Waals surface area contributed by atoms with E-state index in [0.29, 0.717) is 6.61 Å². The van der Waals surface area contributed by atoms with Crippen LogP contribution in [0.3, 0.4) is 0 Å². The van der Waals surface area contributed by atoms with Gasteiger partial charge in [-0.2, -0.15) is 0 Å². The van der Waals surface area contributed by atoms with Gasteiger partial charge in [-0.15, -0.1) is 0 Å². The molecule has 1 aliphatic rings. The molecule has 5 nitrogen and oxygen atoms in total. The van der Waals surface area contributed by atoms with Crippen LogP contribution in [0, 0.1) is 0 Å². The Kier molecular flexibility index (Phi) is 13.6. The van der Waals surface area contributed by atoms with E-state index in [-0.39, 0.29) is 13.2 Å². The van der Waals surface area contributed by atoms with Gasteiger partial charge in [0.25, 0.3) is 0 Å². The quantitative estimate of drug-likeness (QED) is 0.368. The maximum Gasteiger partial charge on any atom is 0.114 e. The second kappa shape index (κ2) is 14.9. The predicted molar refractivity (Wildman–Crippen MR) is 99.7 cm³/mol. The molecule has 0 aromatic heterocycles. The molecular weight excluding hydrogens is 320 g/mol. The first-order valence-electron chi connectivity index (χ1n) is 10.4. The monoisotopic (exact) mass is 360 g/mol. The minimum atomic E-state index is -1.02. The lowest BCUT2D eigenvalue weighted by atomic mass is 10.1. The van der Waals surface area contributed by atoms with Crippen molar-refractivity contribution in [2.24, 2.45) is 0 Å². The van der Waals surface area contributed by atoms with Crippen molar-refractivity contribution in [3.8, 4) is 0 Å². The number of hydrogen-bond donors (Lipinski definition) is 3. The highest BCUT2D eigenvalue weighted by Crippen LogP contribution is 2.18. The number of ether oxygens (including phenoxy) is 2. The summed E-state index contributed by atoms with van der Waals surface area (Å²) in [5, 5.41) is 28.9. The molecule has 0 aromatic carbocycles. The van der Waals surface area contributed by atoms with Crippen molar-refractivity contribution in [1.29, 1.82) is 0 Å². The molecule has 1 fully saturated rings. The van der Waals surface area contributed by atoms with Crippen molar-refractivity contribution >= 4 is 0 Å². The second-order valence-corrected chi connectivity index (χ2v) is 7.39. The molecule has 0 amide bonds. The minimum absolute atomic E-state index is 0.0711. The van der Waals surface area contributed by atoms with Crippen LogP contribution in [0.1, 0.15) is 84.0 Å². The van der Waals surface area contributed by atoms with Crippen LogP contribution in [0.2, 0.25) is 0 Å². The molecule has 0 saturated carbocycles. The van der Waals surface area contributed by atoms with Crippen LogP contribution >= 0.6 is 0 Å². The van der Waals surface area contributed by atoms with Crippen molar-refractivity contribution in [3.63, 3.8) is 0 Å². The van der Waals surface area contributed by atoms with Gasteiger partial charge in [0.15, 0.2) is 0 Å². The Morgan fingerprint density at radius 1 is 0.880 bits per heavy atom. The lowest BCUT2D eigenvalue weighted by Crippen LogP contribution is -2.40. The molecule has 0 spiro atoms. The SMILES string of the molecule is CCCCCCCCCCCCCCOC[C@@H](O)[C@H]1OC[C@H](O)[C@H]1O. The standard InChI is InChI=1S/C20H40O5/c1-2-3-4-5-6-7-8-9-10-11-12-13-14-24-15-18(22)20-19(23)17(21)16-25-20/h17-23H,2-16H2,1H3/t17-,18+,19+,20+/m0/s1. The van der Waals surface area contributed by atoms with Gasteiger partial charge >= 0.3 is 0 Å². The van der Waals surface area contributed by atoms with E-state index in [0.717, 1.165) is 12.8 Å². The zero-order valence-electron chi connectivity index (χ0n) is 16.1. The molecular formula is C20H40O5. The minimum Gasteiger partial charge on any atom is -0.388 e. The van der Waals surface area contributed by atoms with Crippen molar-refractivity contribution in [1.82, 2.24) is 0 Å². The van der Waals surface area contributed by atoms with Gasteiger partial charge in [-0.25, -0.2) is 0 Å². The first-order chi connectivity index (χ1) is 12.2. The van der Waals surface area contributed by atoms with E-state index in [1.54, 1.807) is 0 Å². The fraction of sp³-hybridized carbons (Fsp3) is 1.00. The largest absolute Gasteiger partial charge is 0.388 e. The summed E-state index contributed by atoms with van der Waals surface area (Å²) in [4.78, 5) is 0. The Morgan fingerprint density at radius 3 is 1.88 bits per heavy atom. The summed E-state index contributed by atoms with van der Waals surface area (Å²) in [6.45, 7) is 3.10. The summed E-state index contributed by atoms with van der Waals surface area (Å²) < 4.78 is 10.6. The molecule has 25 heavy (non-hydrogen) atoms. The van der Waals surface area contributed by atoms with Crippen molar-refractivity contribution in [2.75, 3.05) is 19.8 Å². The lowest BCUT2D eigenvalue weighted by Gasteiger charge is -2.20. The summed E-state index contributed by atoms with van der Waals surface area (Å²) in [7, 11) is 0. The van der Waals surface area contributed by atoms with Crippen molar-refractivity contribution in [2.45, 2.75) is 108 Å². The zero-order valence-corrected chi connectivity index (χ0v) is 16.1. The van der Waals surface area contributed by atoms with Crippen LogP contribution in [0.4, 0.5) is 0 Å². The van der Waals surface area contributed by atoms with Crippen LogP contribution in [0.15, 0.2) is 0 Å². The van der Waals surface area contributed by atoms with E-state index in [4.69, 9.17) is 9.47 Å². The molecule has 1 heterocycles. The Hall–Kier alpha value is -0.200. The molecule has 0 radical (unpaired) electrons. The fourth-order valence-corrected chi connectivity index (χ4v) is 3.31. The van der Waals surface area contributed by atoms with Gasteiger partial charge in [0.05, 0.1) is 13.2 Å². The van der Waals surface area contributed by atoms with Crippen LogP contribution < -0.4 is 0 Å². The summed E-state index contributed by atoms with van der Waals surface area (Å²) >= 11 is 0. The fourth-order valence-electron chi connectivity index (χ4n) is 3.31. The third-order valence-electron chi connectivity index (χ3n) is 5.00. The Labute approximate surface area is 153 Å². The molecule has 3 N–H and O–H groups in total. The second-order valence-electron chi connectivity index (χ2n) is 7.39. The number of aliphatic hydroxyl groups is 3. The first kappa shape index (κ1) is 22.8. The van der Waals surface area contributed by atoms with Gasteiger partial charge in [0, 0.05) is 6.61 Å².